The van der Waals surface area contributed by atoms with Gasteiger partial charge in [-0.05, 0) is 38.0 Å². The number of aliphatic hydroxyl groups is 1. The molecule has 2 atom stereocenters. The second kappa shape index (κ2) is 7.05. The lowest BCUT2D eigenvalue weighted by atomic mass is 10.1. The first-order valence-corrected chi connectivity index (χ1v) is 8.35. The third-order valence-corrected chi connectivity index (χ3v) is 4.88. The highest BCUT2D eigenvalue weighted by Gasteiger charge is 2.26. The standard InChI is InChI=1S/C15H19NO4S/c1-12(15-8-4-10-20-15)16-21(18,19)14-7-2-5-13(11-14)6-3-9-17/h2,5,7,11-12,15-17H,4,8-10H2,1H3. The van der Waals surface area contributed by atoms with Gasteiger partial charge in [-0.3, -0.25) is 0 Å². The van der Waals surface area contributed by atoms with Gasteiger partial charge in [-0.2, -0.15) is 0 Å². The molecule has 114 valence electrons. The zero-order valence-electron chi connectivity index (χ0n) is 11.9. The van der Waals surface area contributed by atoms with Crippen molar-refractivity contribution in [3.8, 4) is 11.8 Å². The monoisotopic (exact) mass is 309 g/mol. The summed E-state index contributed by atoms with van der Waals surface area (Å²) >= 11 is 0. The van der Waals surface area contributed by atoms with Crippen molar-refractivity contribution in [1.29, 1.82) is 0 Å². The predicted octanol–water partition coefficient (Wildman–Crippen LogP) is 0.876. The normalized spacial score (nSPS) is 19.8. The van der Waals surface area contributed by atoms with E-state index in [0.717, 1.165) is 12.8 Å². The van der Waals surface area contributed by atoms with Crippen LogP contribution < -0.4 is 4.72 Å². The molecular formula is C15H19NO4S. The summed E-state index contributed by atoms with van der Waals surface area (Å²) in [5.74, 6) is 5.20. The number of sulfonamides is 1. The zero-order valence-corrected chi connectivity index (χ0v) is 12.7. The Labute approximate surface area is 125 Å². The van der Waals surface area contributed by atoms with Crippen LogP contribution in [0.2, 0.25) is 0 Å². The molecule has 1 saturated heterocycles. The summed E-state index contributed by atoms with van der Waals surface area (Å²) in [6.07, 6.45) is 1.76. The van der Waals surface area contributed by atoms with Crippen molar-refractivity contribution >= 4 is 10.0 Å². The van der Waals surface area contributed by atoms with Crippen LogP contribution in [0.4, 0.5) is 0 Å². The molecule has 1 heterocycles. The Hall–Kier alpha value is -1.39. The fourth-order valence-corrected chi connectivity index (χ4v) is 3.59. The first-order valence-electron chi connectivity index (χ1n) is 6.86. The fourth-order valence-electron chi connectivity index (χ4n) is 2.27. The molecule has 2 unspecified atom stereocenters. The Kier molecular flexibility index (Phi) is 5.37. The summed E-state index contributed by atoms with van der Waals surface area (Å²) in [4.78, 5) is 0.164. The Morgan fingerprint density at radius 2 is 2.33 bits per heavy atom. The summed E-state index contributed by atoms with van der Waals surface area (Å²) in [6.45, 7) is 2.23. The maximum absolute atomic E-state index is 12.4. The maximum Gasteiger partial charge on any atom is 0.240 e. The van der Waals surface area contributed by atoms with Gasteiger partial charge in [0, 0.05) is 18.2 Å². The molecule has 2 N–H and O–H groups in total. The van der Waals surface area contributed by atoms with Crippen molar-refractivity contribution in [3.63, 3.8) is 0 Å². The highest BCUT2D eigenvalue weighted by atomic mass is 32.2. The third-order valence-electron chi connectivity index (χ3n) is 3.32. The number of aliphatic hydroxyl groups excluding tert-OH is 1. The van der Waals surface area contributed by atoms with Gasteiger partial charge in [0.2, 0.25) is 10.0 Å². The predicted molar refractivity (Wildman–Crippen MR) is 79.2 cm³/mol. The van der Waals surface area contributed by atoms with Crippen molar-refractivity contribution in [3.05, 3.63) is 29.8 Å². The van der Waals surface area contributed by atoms with Gasteiger partial charge >= 0.3 is 0 Å². The Bertz CT molecular complexity index is 639. The van der Waals surface area contributed by atoms with E-state index in [0.29, 0.717) is 12.2 Å². The minimum absolute atomic E-state index is 0.0721. The number of nitrogens with one attached hydrogen (secondary N) is 1. The summed E-state index contributed by atoms with van der Waals surface area (Å²) in [7, 11) is -3.60. The smallest absolute Gasteiger partial charge is 0.240 e. The molecule has 6 heteroatoms. The number of benzene rings is 1. The molecule has 1 aliphatic rings. The molecule has 0 radical (unpaired) electrons. The van der Waals surface area contributed by atoms with E-state index in [-0.39, 0.29) is 23.6 Å². The second-order valence-corrected chi connectivity index (χ2v) is 6.66. The molecule has 0 saturated carbocycles. The molecule has 1 fully saturated rings. The van der Waals surface area contributed by atoms with Crippen molar-refractivity contribution in [2.75, 3.05) is 13.2 Å². The molecule has 5 nitrogen and oxygen atoms in total. The molecule has 0 amide bonds. The van der Waals surface area contributed by atoms with Crippen molar-refractivity contribution in [2.45, 2.75) is 36.8 Å². The quantitative estimate of drug-likeness (QED) is 0.810. The van der Waals surface area contributed by atoms with Crippen molar-refractivity contribution in [2.24, 2.45) is 0 Å². The largest absolute Gasteiger partial charge is 0.384 e. The zero-order chi connectivity index (χ0) is 15.3. The van der Waals surface area contributed by atoms with E-state index in [1.165, 1.54) is 12.1 Å². The van der Waals surface area contributed by atoms with Crippen LogP contribution in [0, 0.1) is 11.8 Å². The van der Waals surface area contributed by atoms with Crippen LogP contribution in [-0.4, -0.2) is 38.9 Å². The number of rotatable bonds is 4. The molecular weight excluding hydrogens is 290 g/mol. The van der Waals surface area contributed by atoms with E-state index in [2.05, 4.69) is 16.6 Å². The van der Waals surface area contributed by atoms with Crippen LogP contribution in [0.5, 0.6) is 0 Å². The van der Waals surface area contributed by atoms with E-state index in [1.807, 2.05) is 6.92 Å². The van der Waals surface area contributed by atoms with Gasteiger partial charge in [-0.15, -0.1) is 0 Å². The molecule has 1 aliphatic heterocycles. The van der Waals surface area contributed by atoms with Crippen molar-refractivity contribution in [1.82, 2.24) is 4.72 Å². The lowest BCUT2D eigenvalue weighted by molar-refractivity contribution is 0.0902. The van der Waals surface area contributed by atoms with E-state index in [9.17, 15) is 8.42 Å². The summed E-state index contributed by atoms with van der Waals surface area (Å²) < 4.78 is 32.9. The van der Waals surface area contributed by atoms with Crippen LogP contribution in [0.3, 0.4) is 0 Å². The van der Waals surface area contributed by atoms with Gasteiger partial charge in [0.05, 0.1) is 11.0 Å². The van der Waals surface area contributed by atoms with Gasteiger partial charge in [0.25, 0.3) is 0 Å². The lowest BCUT2D eigenvalue weighted by Crippen LogP contribution is -2.40. The molecule has 1 aromatic carbocycles. The highest BCUT2D eigenvalue weighted by Crippen LogP contribution is 2.18. The first kappa shape index (κ1) is 16.0. The van der Waals surface area contributed by atoms with Gasteiger partial charge in [-0.1, -0.05) is 17.9 Å². The van der Waals surface area contributed by atoms with E-state index in [1.54, 1.807) is 12.1 Å². The maximum atomic E-state index is 12.4. The molecule has 0 aliphatic carbocycles. The van der Waals surface area contributed by atoms with Gasteiger partial charge < -0.3 is 9.84 Å². The average Bonchev–Trinajstić information content (AvgIpc) is 2.99. The number of hydrogen-bond donors (Lipinski definition) is 2. The molecule has 0 aromatic heterocycles. The Morgan fingerprint density at radius 3 is 3.00 bits per heavy atom. The SMILES string of the molecule is CC(NS(=O)(=O)c1cccc(C#CCO)c1)C1CCCO1. The minimum Gasteiger partial charge on any atom is -0.384 e. The topological polar surface area (TPSA) is 75.6 Å². The van der Waals surface area contributed by atoms with E-state index in [4.69, 9.17) is 9.84 Å². The number of hydrogen-bond acceptors (Lipinski definition) is 4. The first-order chi connectivity index (χ1) is 10.0. The molecule has 0 bridgehead atoms. The Balaban J connectivity index is 2.15. The van der Waals surface area contributed by atoms with Crippen LogP contribution in [0.15, 0.2) is 29.2 Å². The molecule has 21 heavy (non-hydrogen) atoms. The van der Waals surface area contributed by atoms with Gasteiger partial charge in [-0.25, -0.2) is 13.1 Å². The van der Waals surface area contributed by atoms with Gasteiger partial charge in [0.15, 0.2) is 0 Å². The molecule has 1 aromatic rings. The molecule has 2 rings (SSSR count). The summed E-state index contributed by atoms with van der Waals surface area (Å²) in [5, 5.41) is 8.68. The van der Waals surface area contributed by atoms with Crippen LogP contribution >= 0.6 is 0 Å². The molecule has 0 spiro atoms. The van der Waals surface area contributed by atoms with Crippen LogP contribution in [0.1, 0.15) is 25.3 Å². The number of ether oxygens (including phenoxy) is 1. The highest BCUT2D eigenvalue weighted by molar-refractivity contribution is 7.89. The van der Waals surface area contributed by atoms with Gasteiger partial charge in [0.1, 0.15) is 6.61 Å². The summed E-state index contributed by atoms with van der Waals surface area (Å²) in [5.41, 5.74) is 0.552. The second-order valence-electron chi connectivity index (χ2n) is 4.95. The Morgan fingerprint density at radius 1 is 1.52 bits per heavy atom. The summed E-state index contributed by atoms with van der Waals surface area (Å²) in [6, 6.07) is 6.07. The van der Waals surface area contributed by atoms with Crippen LogP contribution in [0.25, 0.3) is 0 Å². The fraction of sp³-hybridized carbons (Fsp3) is 0.467. The third kappa shape index (κ3) is 4.29. The van der Waals surface area contributed by atoms with Crippen LogP contribution in [-0.2, 0) is 14.8 Å². The van der Waals surface area contributed by atoms with E-state index < -0.39 is 10.0 Å². The van der Waals surface area contributed by atoms with Crippen molar-refractivity contribution < 1.29 is 18.3 Å². The average molecular weight is 309 g/mol. The minimum atomic E-state index is -3.60. The van der Waals surface area contributed by atoms with E-state index >= 15 is 0 Å². The lowest BCUT2D eigenvalue weighted by Gasteiger charge is -2.20.